The summed E-state index contributed by atoms with van der Waals surface area (Å²) in [7, 11) is 0. The Morgan fingerprint density at radius 2 is 2.17 bits per heavy atom. The van der Waals surface area contributed by atoms with Crippen LogP contribution in [0.4, 0.5) is 0 Å². The molecule has 2 bridgehead atoms. The lowest BCUT2D eigenvalue weighted by Crippen LogP contribution is -2.37. The van der Waals surface area contributed by atoms with E-state index < -0.39 is 0 Å². The fourth-order valence-corrected chi connectivity index (χ4v) is 2.24. The molecule has 2 aliphatic heterocycles. The van der Waals surface area contributed by atoms with Crippen LogP contribution in [0.25, 0.3) is 0 Å². The highest BCUT2D eigenvalue weighted by molar-refractivity contribution is 4.99. The van der Waals surface area contributed by atoms with Crippen molar-refractivity contribution in [3.05, 3.63) is 12.4 Å². The monoisotopic (exact) mass is 165 g/mol. The normalized spacial score (nSPS) is 38.2. The van der Waals surface area contributed by atoms with E-state index in [2.05, 4.69) is 10.2 Å². The molecule has 0 amide bonds. The lowest BCUT2D eigenvalue weighted by atomic mass is 9.70. The highest BCUT2D eigenvalue weighted by atomic mass is 16.5. The van der Waals surface area contributed by atoms with Gasteiger partial charge >= 0.3 is 0 Å². The predicted octanol–water partition coefficient (Wildman–Crippen LogP) is 0.457. The Bertz CT molecular complexity index is 271. The summed E-state index contributed by atoms with van der Waals surface area (Å²) in [6.45, 7) is 1.83. The minimum Gasteiger partial charge on any atom is -0.378 e. The predicted molar refractivity (Wildman–Crippen MR) is 41.4 cm³/mol. The van der Waals surface area contributed by atoms with Gasteiger partial charge in [-0.25, -0.2) is 0 Å². The molecule has 1 aromatic heterocycles. The Hall–Kier alpha value is -0.900. The van der Waals surface area contributed by atoms with Crippen LogP contribution in [0.15, 0.2) is 12.4 Å². The van der Waals surface area contributed by atoms with Crippen molar-refractivity contribution in [3.8, 4) is 0 Å². The molecule has 3 aliphatic rings. The molecular weight excluding hydrogens is 154 g/mol. The van der Waals surface area contributed by atoms with Gasteiger partial charge in [0.1, 0.15) is 0 Å². The minimum atomic E-state index is 0.379. The van der Waals surface area contributed by atoms with Crippen molar-refractivity contribution in [2.24, 2.45) is 5.41 Å². The first-order valence-electron chi connectivity index (χ1n) is 4.32. The Labute approximate surface area is 70.5 Å². The van der Waals surface area contributed by atoms with Gasteiger partial charge in [0.15, 0.2) is 0 Å². The van der Waals surface area contributed by atoms with Gasteiger partial charge in [-0.2, -0.15) is 15.0 Å². The Morgan fingerprint density at radius 1 is 1.42 bits per heavy atom. The van der Waals surface area contributed by atoms with Gasteiger partial charge in [0.05, 0.1) is 31.6 Å². The zero-order valence-corrected chi connectivity index (χ0v) is 6.81. The molecule has 0 unspecified atom stereocenters. The molecule has 0 N–H and O–H groups in total. The molecule has 0 atom stereocenters. The van der Waals surface area contributed by atoms with Crippen LogP contribution in [0, 0.1) is 5.41 Å². The molecule has 3 fully saturated rings. The summed E-state index contributed by atoms with van der Waals surface area (Å²) >= 11 is 0. The molecule has 1 aromatic rings. The highest BCUT2D eigenvalue weighted by Gasteiger charge is 2.52. The summed E-state index contributed by atoms with van der Waals surface area (Å²) in [5, 5.41) is 8.20. The summed E-state index contributed by atoms with van der Waals surface area (Å²) in [4.78, 5) is 1.77. The van der Waals surface area contributed by atoms with Crippen LogP contribution >= 0.6 is 0 Å². The van der Waals surface area contributed by atoms with Gasteiger partial charge in [-0.15, -0.1) is 0 Å². The molecule has 4 rings (SSSR count). The van der Waals surface area contributed by atoms with Gasteiger partial charge in [0.2, 0.25) is 0 Å². The van der Waals surface area contributed by atoms with Crippen LogP contribution in [0.2, 0.25) is 0 Å². The summed E-state index contributed by atoms with van der Waals surface area (Å²) in [5.74, 6) is 0. The summed E-state index contributed by atoms with van der Waals surface area (Å²) in [5.41, 5.74) is 0.379. The third-order valence-corrected chi connectivity index (χ3v) is 2.89. The van der Waals surface area contributed by atoms with Crippen LogP contribution in [-0.2, 0) is 11.3 Å². The molecule has 4 nitrogen and oxygen atoms in total. The number of hydrogen-bond acceptors (Lipinski definition) is 3. The van der Waals surface area contributed by atoms with Crippen LogP contribution in [0.5, 0.6) is 0 Å². The minimum absolute atomic E-state index is 0.379. The van der Waals surface area contributed by atoms with Gasteiger partial charge in [-0.05, 0) is 12.8 Å². The van der Waals surface area contributed by atoms with E-state index in [0.29, 0.717) is 11.5 Å². The number of aromatic nitrogens is 3. The molecule has 1 aliphatic carbocycles. The second kappa shape index (κ2) is 2.07. The topological polar surface area (TPSA) is 39.9 Å². The van der Waals surface area contributed by atoms with Crippen LogP contribution in [-0.4, -0.2) is 27.7 Å². The number of fused-ring (bicyclic) bond motifs is 1. The molecule has 4 heteroatoms. The fraction of sp³-hybridized carbons (Fsp3) is 0.750. The van der Waals surface area contributed by atoms with E-state index >= 15 is 0 Å². The maximum absolute atomic E-state index is 5.51. The molecule has 0 radical (unpaired) electrons. The maximum atomic E-state index is 5.51. The average molecular weight is 165 g/mol. The van der Waals surface area contributed by atoms with E-state index in [0.717, 1.165) is 13.2 Å². The summed E-state index contributed by atoms with van der Waals surface area (Å²) < 4.78 is 5.51. The molecule has 3 heterocycles. The third kappa shape index (κ3) is 0.813. The van der Waals surface area contributed by atoms with Gasteiger partial charge in [0, 0.05) is 5.41 Å². The number of rotatable bonds is 2. The average Bonchev–Trinajstić information content (AvgIpc) is 2.61. The van der Waals surface area contributed by atoms with Gasteiger partial charge in [-0.1, -0.05) is 0 Å². The molecule has 0 spiro atoms. The molecule has 64 valence electrons. The first-order chi connectivity index (χ1) is 5.86. The zero-order valence-electron chi connectivity index (χ0n) is 6.81. The second-order valence-electron chi connectivity index (χ2n) is 3.90. The number of hydrogen-bond donors (Lipinski definition) is 0. The van der Waals surface area contributed by atoms with E-state index in [-0.39, 0.29) is 0 Å². The SMILES string of the molecule is c1cnn(CC23COC(C2)C3)n1. The van der Waals surface area contributed by atoms with Crippen molar-refractivity contribution in [1.82, 2.24) is 15.0 Å². The van der Waals surface area contributed by atoms with E-state index in [1.165, 1.54) is 12.8 Å². The smallest absolute Gasteiger partial charge is 0.0693 e. The van der Waals surface area contributed by atoms with Gasteiger partial charge in [-0.3, -0.25) is 0 Å². The molecule has 0 aromatic carbocycles. The number of ether oxygens (including phenoxy) is 1. The van der Waals surface area contributed by atoms with Crippen molar-refractivity contribution in [2.75, 3.05) is 6.61 Å². The summed E-state index contributed by atoms with van der Waals surface area (Å²) in [6.07, 6.45) is 6.40. The Balaban J connectivity index is 1.76. The van der Waals surface area contributed by atoms with Crippen LogP contribution < -0.4 is 0 Å². The molecule has 2 saturated heterocycles. The van der Waals surface area contributed by atoms with Crippen molar-refractivity contribution in [2.45, 2.75) is 25.5 Å². The van der Waals surface area contributed by atoms with Crippen molar-refractivity contribution >= 4 is 0 Å². The second-order valence-corrected chi connectivity index (χ2v) is 3.90. The van der Waals surface area contributed by atoms with Crippen LogP contribution in [0.1, 0.15) is 12.8 Å². The van der Waals surface area contributed by atoms with E-state index in [9.17, 15) is 0 Å². The largest absolute Gasteiger partial charge is 0.378 e. The van der Waals surface area contributed by atoms with Crippen molar-refractivity contribution in [3.63, 3.8) is 0 Å². The van der Waals surface area contributed by atoms with E-state index in [4.69, 9.17) is 4.74 Å². The molecule has 12 heavy (non-hydrogen) atoms. The van der Waals surface area contributed by atoms with E-state index in [1.807, 2.05) is 0 Å². The summed E-state index contributed by atoms with van der Waals surface area (Å²) in [6, 6.07) is 0. The first kappa shape index (κ1) is 6.60. The first-order valence-corrected chi connectivity index (χ1v) is 4.32. The molecular formula is C8H11N3O. The highest BCUT2D eigenvalue weighted by Crippen LogP contribution is 2.50. The lowest BCUT2D eigenvalue weighted by Gasteiger charge is -2.34. The van der Waals surface area contributed by atoms with Crippen molar-refractivity contribution in [1.29, 1.82) is 0 Å². The lowest BCUT2D eigenvalue weighted by molar-refractivity contribution is 0.102. The fourth-order valence-electron chi connectivity index (χ4n) is 2.24. The van der Waals surface area contributed by atoms with Crippen LogP contribution in [0.3, 0.4) is 0 Å². The molecule has 1 saturated carbocycles. The van der Waals surface area contributed by atoms with Gasteiger partial charge < -0.3 is 4.74 Å². The maximum Gasteiger partial charge on any atom is 0.0693 e. The van der Waals surface area contributed by atoms with Crippen molar-refractivity contribution < 1.29 is 4.74 Å². The Morgan fingerprint density at radius 3 is 2.75 bits per heavy atom. The van der Waals surface area contributed by atoms with Gasteiger partial charge in [0.25, 0.3) is 0 Å². The third-order valence-electron chi connectivity index (χ3n) is 2.89. The van der Waals surface area contributed by atoms with E-state index in [1.54, 1.807) is 17.2 Å². The zero-order chi connectivity index (χ0) is 8.02. The number of nitrogens with zero attached hydrogens (tertiary/aromatic N) is 3. The standard InChI is InChI=1S/C8H11N3O/c1-2-10-11(9-1)5-8-3-7(4-8)12-6-8/h1-2,7H,3-6H2. The quantitative estimate of drug-likeness (QED) is 0.639. The Kier molecular flexibility index (Phi) is 1.14.